The number of carboxylic acid groups (broad SMARTS) is 1. The third kappa shape index (κ3) is 2.13. The third-order valence-electron chi connectivity index (χ3n) is 4.44. The van der Waals surface area contributed by atoms with E-state index in [2.05, 4.69) is 9.88 Å². The number of pyridine rings is 1. The number of carboxylic acids is 1. The van der Waals surface area contributed by atoms with Crippen LogP contribution in [0, 0.1) is 5.92 Å². The molecule has 2 unspecified atom stereocenters. The van der Waals surface area contributed by atoms with E-state index in [1.165, 1.54) is 31.9 Å². The Kier molecular flexibility index (Phi) is 3.05. The molecule has 3 N–H and O–H groups in total. The number of anilines is 2. The first-order valence-electron chi connectivity index (χ1n) is 6.92. The van der Waals surface area contributed by atoms with Crippen molar-refractivity contribution in [2.24, 2.45) is 5.92 Å². The molecule has 3 rings (SSSR count). The highest BCUT2D eigenvalue weighted by Gasteiger charge is 2.35. The van der Waals surface area contributed by atoms with E-state index in [0.29, 0.717) is 6.04 Å². The summed E-state index contributed by atoms with van der Waals surface area (Å²) in [5.74, 6) is 0.533. The van der Waals surface area contributed by atoms with Crippen molar-refractivity contribution in [2.45, 2.75) is 38.1 Å². The molecule has 1 aliphatic heterocycles. The molecular formula is C14H19N3O2. The Morgan fingerprint density at radius 2 is 2.16 bits per heavy atom. The number of hydrogen-bond acceptors (Lipinski definition) is 4. The summed E-state index contributed by atoms with van der Waals surface area (Å²) >= 11 is 0. The molecule has 2 atom stereocenters. The summed E-state index contributed by atoms with van der Waals surface area (Å²) in [4.78, 5) is 17.8. The van der Waals surface area contributed by atoms with Gasteiger partial charge in [-0.15, -0.1) is 0 Å². The number of nitrogen functional groups attached to an aromatic ring is 1. The van der Waals surface area contributed by atoms with Crippen molar-refractivity contribution >= 4 is 17.5 Å². The molecule has 102 valence electrons. The van der Waals surface area contributed by atoms with E-state index in [9.17, 15) is 4.79 Å². The summed E-state index contributed by atoms with van der Waals surface area (Å²) in [5, 5.41) is 9.15. The molecule has 1 aliphatic carbocycles. The van der Waals surface area contributed by atoms with Crippen LogP contribution in [0.15, 0.2) is 12.3 Å². The first-order chi connectivity index (χ1) is 9.16. The minimum atomic E-state index is -0.985. The van der Waals surface area contributed by atoms with Crippen molar-refractivity contribution in [3.8, 4) is 0 Å². The maximum absolute atomic E-state index is 11.2. The van der Waals surface area contributed by atoms with Crippen LogP contribution in [0.2, 0.25) is 0 Å². The zero-order valence-corrected chi connectivity index (χ0v) is 10.9. The van der Waals surface area contributed by atoms with Gasteiger partial charge in [0, 0.05) is 12.6 Å². The number of piperidine rings is 1. The molecule has 1 aromatic heterocycles. The summed E-state index contributed by atoms with van der Waals surface area (Å²) in [6.07, 6.45) is 7.68. The van der Waals surface area contributed by atoms with E-state index in [1.54, 1.807) is 6.07 Å². The van der Waals surface area contributed by atoms with Crippen LogP contribution in [0.3, 0.4) is 0 Å². The Morgan fingerprint density at radius 3 is 2.95 bits per heavy atom. The fourth-order valence-corrected chi connectivity index (χ4v) is 3.54. The lowest BCUT2D eigenvalue weighted by atomic mass is 9.92. The largest absolute Gasteiger partial charge is 0.478 e. The van der Waals surface area contributed by atoms with Crippen LogP contribution < -0.4 is 10.6 Å². The average molecular weight is 261 g/mol. The minimum absolute atomic E-state index is 0.158. The summed E-state index contributed by atoms with van der Waals surface area (Å²) in [7, 11) is 0. The molecule has 1 aromatic rings. The predicted molar refractivity (Wildman–Crippen MR) is 73.3 cm³/mol. The van der Waals surface area contributed by atoms with Gasteiger partial charge in [-0.05, 0) is 37.7 Å². The SMILES string of the molecule is Nc1cnc(N2CCCC3CCCC32)cc1C(=O)O. The lowest BCUT2D eigenvalue weighted by Gasteiger charge is -2.38. The first kappa shape index (κ1) is 12.3. The number of nitrogens with zero attached hydrogens (tertiary/aromatic N) is 2. The molecule has 2 fully saturated rings. The maximum atomic E-state index is 11.2. The fourth-order valence-electron chi connectivity index (χ4n) is 3.54. The van der Waals surface area contributed by atoms with Gasteiger partial charge in [0.05, 0.1) is 17.4 Å². The molecule has 5 nitrogen and oxygen atoms in total. The van der Waals surface area contributed by atoms with Gasteiger partial charge in [-0.25, -0.2) is 9.78 Å². The van der Waals surface area contributed by atoms with Crippen LogP contribution in [0.4, 0.5) is 11.5 Å². The molecule has 0 bridgehead atoms. The number of nitrogens with two attached hydrogens (primary N) is 1. The Hall–Kier alpha value is -1.78. The van der Waals surface area contributed by atoms with Crippen molar-refractivity contribution < 1.29 is 9.90 Å². The summed E-state index contributed by atoms with van der Waals surface area (Å²) in [5.41, 5.74) is 6.06. The van der Waals surface area contributed by atoms with Gasteiger partial charge in [0.25, 0.3) is 0 Å². The van der Waals surface area contributed by atoms with Crippen LogP contribution in [0.1, 0.15) is 42.5 Å². The van der Waals surface area contributed by atoms with Gasteiger partial charge in [0.1, 0.15) is 5.82 Å². The van der Waals surface area contributed by atoms with Crippen molar-refractivity contribution in [1.29, 1.82) is 0 Å². The van der Waals surface area contributed by atoms with Gasteiger partial charge >= 0.3 is 5.97 Å². The maximum Gasteiger partial charge on any atom is 0.337 e. The summed E-state index contributed by atoms with van der Waals surface area (Å²) < 4.78 is 0. The van der Waals surface area contributed by atoms with E-state index in [-0.39, 0.29) is 11.3 Å². The fraction of sp³-hybridized carbons (Fsp3) is 0.571. The highest BCUT2D eigenvalue weighted by molar-refractivity contribution is 5.94. The van der Waals surface area contributed by atoms with Gasteiger partial charge in [0.15, 0.2) is 0 Å². The molecule has 1 saturated carbocycles. The van der Waals surface area contributed by atoms with E-state index in [4.69, 9.17) is 10.8 Å². The van der Waals surface area contributed by atoms with Gasteiger partial charge in [-0.1, -0.05) is 6.42 Å². The highest BCUT2D eigenvalue weighted by atomic mass is 16.4. The van der Waals surface area contributed by atoms with Gasteiger partial charge < -0.3 is 15.7 Å². The molecule has 0 radical (unpaired) electrons. The normalized spacial score (nSPS) is 26.2. The van der Waals surface area contributed by atoms with E-state index in [1.807, 2.05) is 0 Å². The number of aromatic carboxylic acids is 1. The van der Waals surface area contributed by atoms with Gasteiger partial charge in [0.2, 0.25) is 0 Å². The Bertz CT molecular complexity index is 503. The average Bonchev–Trinajstić information content (AvgIpc) is 2.87. The second-order valence-corrected chi connectivity index (χ2v) is 5.53. The minimum Gasteiger partial charge on any atom is -0.478 e. The molecular weight excluding hydrogens is 242 g/mol. The smallest absolute Gasteiger partial charge is 0.337 e. The Labute approximate surface area is 112 Å². The van der Waals surface area contributed by atoms with Crippen molar-refractivity contribution in [1.82, 2.24) is 4.98 Å². The van der Waals surface area contributed by atoms with Gasteiger partial charge in [-0.2, -0.15) is 0 Å². The van der Waals surface area contributed by atoms with Crippen LogP contribution in [0.25, 0.3) is 0 Å². The van der Waals surface area contributed by atoms with E-state index < -0.39 is 5.97 Å². The van der Waals surface area contributed by atoms with E-state index >= 15 is 0 Å². The lowest BCUT2D eigenvalue weighted by Crippen LogP contribution is -2.43. The molecule has 0 aromatic carbocycles. The van der Waals surface area contributed by atoms with Crippen LogP contribution in [-0.4, -0.2) is 28.6 Å². The Balaban J connectivity index is 1.93. The molecule has 2 heterocycles. The number of fused-ring (bicyclic) bond motifs is 1. The standard InChI is InChI=1S/C14H19N3O2/c15-11-8-16-13(7-10(11)14(18)19)17-6-2-4-9-3-1-5-12(9)17/h7-9,12H,1-6,15H2,(H,18,19). The topological polar surface area (TPSA) is 79.5 Å². The molecule has 0 spiro atoms. The third-order valence-corrected chi connectivity index (χ3v) is 4.44. The summed E-state index contributed by atoms with van der Waals surface area (Å²) in [6, 6.07) is 2.16. The van der Waals surface area contributed by atoms with Gasteiger partial charge in [-0.3, -0.25) is 0 Å². The van der Waals surface area contributed by atoms with E-state index in [0.717, 1.165) is 24.7 Å². The first-order valence-corrected chi connectivity index (χ1v) is 6.92. The molecule has 1 saturated heterocycles. The monoisotopic (exact) mass is 261 g/mol. The molecule has 0 amide bonds. The second-order valence-electron chi connectivity index (χ2n) is 5.53. The van der Waals surface area contributed by atoms with Crippen molar-refractivity contribution in [2.75, 3.05) is 17.2 Å². The number of aromatic nitrogens is 1. The zero-order valence-electron chi connectivity index (χ0n) is 10.9. The van der Waals surface area contributed by atoms with Crippen molar-refractivity contribution in [3.63, 3.8) is 0 Å². The highest BCUT2D eigenvalue weighted by Crippen LogP contribution is 2.38. The number of carbonyl (C=O) groups is 1. The number of hydrogen-bond donors (Lipinski definition) is 2. The van der Waals surface area contributed by atoms with Crippen LogP contribution >= 0.6 is 0 Å². The second kappa shape index (κ2) is 4.72. The summed E-state index contributed by atoms with van der Waals surface area (Å²) in [6.45, 7) is 0.969. The zero-order chi connectivity index (χ0) is 13.4. The number of rotatable bonds is 2. The van der Waals surface area contributed by atoms with Crippen LogP contribution in [-0.2, 0) is 0 Å². The van der Waals surface area contributed by atoms with Crippen LogP contribution in [0.5, 0.6) is 0 Å². The molecule has 2 aliphatic rings. The molecule has 5 heteroatoms. The quantitative estimate of drug-likeness (QED) is 0.852. The molecule has 19 heavy (non-hydrogen) atoms. The predicted octanol–water partition coefficient (Wildman–Crippen LogP) is 2.13. The Morgan fingerprint density at radius 1 is 1.37 bits per heavy atom. The van der Waals surface area contributed by atoms with Crippen molar-refractivity contribution in [3.05, 3.63) is 17.8 Å². The lowest BCUT2D eigenvalue weighted by molar-refractivity contribution is 0.0698.